The molecule has 8 heteroatoms. The molecule has 3 aromatic heterocycles. The monoisotopic (exact) mass is 389 g/mol. The van der Waals surface area contributed by atoms with Gasteiger partial charge in [-0.15, -0.1) is 0 Å². The largest absolute Gasteiger partial charge is 0.365 e. The van der Waals surface area contributed by atoms with Crippen molar-refractivity contribution >= 4 is 28.5 Å². The maximum atomic E-state index is 14.5. The average molecular weight is 390 g/mol. The van der Waals surface area contributed by atoms with Gasteiger partial charge in [0.2, 0.25) is 0 Å². The van der Waals surface area contributed by atoms with Crippen molar-refractivity contribution in [1.29, 1.82) is 0 Å². The van der Waals surface area contributed by atoms with E-state index in [-0.39, 0.29) is 17.6 Å². The number of halogens is 3. The van der Waals surface area contributed by atoms with Gasteiger partial charge in [0.05, 0.1) is 10.7 Å². The summed E-state index contributed by atoms with van der Waals surface area (Å²) in [6, 6.07) is 2.70. The molecule has 0 aliphatic heterocycles. The molecule has 2 bridgehead atoms. The highest BCUT2D eigenvalue weighted by atomic mass is 35.5. The second kappa shape index (κ2) is 6.41. The quantitative estimate of drug-likeness (QED) is 0.665. The first-order chi connectivity index (χ1) is 13.1. The van der Waals surface area contributed by atoms with Crippen molar-refractivity contribution in [3.8, 4) is 11.4 Å². The molecule has 0 radical (unpaired) electrons. The summed E-state index contributed by atoms with van der Waals surface area (Å²) < 4.78 is 28.9. The number of pyridine rings is 2. The Bertz CT molecular complexity index is 1010. The number of hydrogen-bond acceptors (Lipinski definition) is 4. The number of nitrogens with one attached hydrogen (secondary N) is 2. The summed E-state index contributed by atoms with van der Waals surface area (Å²) in [5.41, 5.74) is 0.746. The molecule has 2 N–H and O–H groups in total. The van der Waals surface area contributed by atoms with E-state index in [0.29, 0.717) is 33.6 Å². The van der Waals surface area contributed by atoms with E-state index in [2.05, 4.69) is 25.5 Å². The van der Waals surface area contributed by atoms with Crippen molar-refractivity contribution in [1.82, 2.24) is 20.2 Å². The summed E-state index contributed by atoms with van der Waals surface area (Å²) in [6.07, 6.45) is 7.31. The van der Waals surface area contributed by atoms with Crippen LogP contribution in [0.3, 0.4) is 0 Å². The van der Waals surface area contributed by atoms with E-state index < -0.39 is 11.6 Å². The predicted molar refractivity (Wildman–Crippen MR) is 99.5 cm³/mol. The number of H-pyrrole nitrogens is 1. The van der Waals surface area contributed by atoms with Gasteiger partial charge in [0.25, 0.3) is 0 Å². The van der Waals surface area contributed by atoms with Gasteiger partial charge in [-0.3, -0.25) is 5.10 Å². The minimum atomic E-state index is -0.756. The molecule has 3 aliphatic carbocycles. The van der Waals surface area contributed by atoms with E-state index in [0.717, 1.165) is 25.3 Å². The van der Waals surface area contributed by atoms with E-state index in [4.69, 9.17) is 11.6 Å². The van der Waals surface area contributed by atoms with Crippen molar-refractivity contribution in [2.24, 2.45) is 11.8 Å². The van der Waals surface area contributed by atoms with Crippen molar-refractivity contribution < 1.29 is 8.78 Å². The number of nitrogens with zero attached hydrogens (tertiary/aromatic N) is 3. The van der Waals surface area contributed by atoms with Crippen LogP contribution in [0.25, 0.3) is 22.4 Å². The maximum absolute atomic E-state index is 14.5. The Morgan fingerprint density at radius 2 is 1.93 bits per heavy atom. The molecule has 0 amide bonds. The molecule has 3 aromatic rings. The molecule has 3 fully saturated rings. The summed E-state index contributed by atoms with van der Waals surface area (Å²) >= 11 is 6.01. The van der Waals surface area contributed by atoms with Crippen LogP contribution in [0.1, 0.15) is 32.1 Å². The lowest BCUT2D eigenvalue weighted by molar-refractivity contribution is 0.157. The molecule has 0 saturated heterocycles. The molecule has 6 rings (SSSR count). The van der Waals surface area contributed by atoms with Crippen LogP contribution in [0.5, 0.6) is 0 Å². The first kappa shape index (κ1) is 16.9. The molecule has 0 spiro atoms. The third-order valence-corrected chi connectivity index (χ3v) is 6.12. The van der Waals surface area contributed by atoms with E-state index in [1.54, 1.807) is 6.07 Å². The lowest BCUT2D eigenvalue weighted by atomic mass is 9.68. The minimum Gasteiger partial charge on any atom is -0.365 e. The Balaban J connectivity index is 1.53. The van der Waals surface area contributed by atoms with Crippen molar-refractivity contribution in [2.45, 2.75) is 38.1 Å². The molecule has 5 nitrogen and oxygen atoms in total. The second-order valence-electron chi connectivity index (χ2n) is 7.54. The van der Waals surface area contributed by atoms with Gasteiger partial charge in [0.1, 0.15) is 5.69 Å². The summed E-state index contributed by atoms with van der Waals surface area (Å²) in [6.45, 7) is 0. The fourth-order valence-electron chi connectivity index (χ4n) is 4.53. The van der Waals surface area contributed by atoms with Crippen molar-refractivity contribution in [3.05, 3.63) is 35.0 Å². The Morgan fingerprint density at radius 3 is 2.67 bits per heavy atom. The zero-order chi connectivity index (χ0) is 18.5. The van der Waals surface area contributed by atoms with Gasteiger partial charge in [0.15, 0.2) is 23.1 Å². The third-order valence-electron chi connectivity index (χ3n) is 5.91. The first-order valence-electron chi connectivity index (χ1n) is 9.21. The summed E-state index contributed by atoms with van der Waals surface area (Å²) in [7, 11) is 0. The van der Waals surface area contributed by atoms with Crippen LogP contribution < -0.4 is 5.32 Å². The predicted octanol–water partition coefficient (Wildman–Crippen LogP) is 4.94. The van der Waals surface area contributed by atoms with Crippen molar-refractivity contribution in [2.75, 3.05) is 5.32 Å². The molecule has 27 heavy (non-hydrogen) atoms. The Hall–Kier alpha value is -2.28. The SMILES string of the molecule is Fc1cc(F)c(-c2[nH]nc3ncc(Cl)cc23)nc1N[C@@H]1CC2CCC1CC2. The molecule has 140 valence electrons. The molecule has 3 heterocycles. The number of aromatic amines is 1. The van der Waals surface area contributed by atoms with Crippen LogP contribution in [0, 0.1) is 23.5 Å². The number of rotatable bonds is 3. The Labute approximate surface area is 159 Å². The van der Waals surface area contributed by atoms with Crippen LogP contribution in [0.4, 0.5) is 14.6 Å². The van der Waals surface area contributed by atoms with E-state index >= 15 is 0 Å². The fourth-order valence-corrected chi connectivity index (χ4v) is 4.69. The number of anilines is 1. The molecule has 1 atom stereocenters. The molecule has 0 aromatic carbocycles. The van der Waals surface area contributed by atoms with E-state index in [9.17, 15) is 8.78 Å². The number of aromatic nitrogens is 4. The fraction of sp³-hybridized carbons (Fsp3) is 0.421. The molecule has 0 unspecified atom stereocenters. The van der Waals surface area contributed by atoms with Crippen LogP contribution in [0.15, 0.2) is 18.3 Å². The normalized spacial score (nSPS) is 24.5. The lowest BCUT2D eigenvalue weighted by Gasteiger charge is -2.42. The molecule has 3 saturated carbocycles. The van der Waals surface area contributed by atoms with Gasteiger partial charge in [-0.25, -0.2) is 18.7 Å². The highest BCUT2D eigenvalue weighted by molar-refractivity contribution is 6.31. The van der Waals surface area contributed by atoms with Gasteiger partial charge < -0.3 is 5.32 Å². The first-order valence-corrected chi connectivity index (χ1v) is 9.59. The van der Waals surface area contributed by atoms with Crippen LogP contribution in [-0.2, 0) is 0 Å². The Morgan fingerprint density at radius 1 is 1.11 bits per heavy atom. The smallest absolute Gasteiger partial charge is 0.181 e. The summed E-state index contributed by atoms with van der Waals surface area (Å²) in [4.78, 5) is 8.37. The number of fused-ring (bicyclic) bond motifs is 4. The molecular weight excluding hydrogens is 372 g/mol. The highest BCUT2D eigenvalue weighted by Crippen LogP contribution is 2.42. The standard InChI is InChI=1S/C19H18ClF2N5/c20-11-6-12-16(26-27-18(12)23-8-11)17-13(21)7-14(22)19(25-17)24-15-5-9-1-3-10(15)4-2-9/h6-10,15H,1-5H2,(H,24,25)(H,23,26,27)/t9?,10?,15-/m1/s1. The summed E-state index contributed by atoms with van der Waals surface area (Å²) in [5, 5.41) is 11.0. The maximum Gasteiger partial charge on any atom is 0.181 e. The average Bonchev–Trinajstić information content (AvgIpc) is 3.08. The minimum absolute atomic E-state index is 0.00596. The van der Waals surface area contributed by atoms with Gasteiger partial charge in [0, 0.05) is 23.7 Å². The molecular formula is C19H18ClF2N5. The number of hydrogen-bond donors (Lipinski definition) is 2. The van der Waals surface area contributed by atoms with E-state index in [1.807, 2.05) is 0 Å². The van der Waals surface area contributed by atoms with Crippen LogP contribution in [-0.4, -0.2) is 26.2 Å². The van der Waals surface area contributed by atoms with Gasteiger partial charge in [-0.2, -0.15) is 5.10 Å². The lowest BCUT2D eigenvalue weighted by Crippen LogP contribution is -2.40. The van der Waals surface area contributed by atoms with E-state index in [1.165, 1.54) is 19.0 Å². The highest BCUT2D eigenvalue weighted by Gasteiger charge is 2.36. The van der Waals surface area contributed by atoms with Gasteiger partial charge in [-0.1, -0.05) is 24.4 Å². The van der Waals surface area contributed by atoms with Gasteiger partial charge >= 0.3 is 0 Å². The molecule has 3 aliphatic rings. The van der Waals surface area contributed by atoms with Crippen LogP contribution >= 0.6 is 11.6 Å². The second-order valence-corrected chi connectivity index (χ2v) is 7.98. The zero-order valence-corrected chi connectivity index (χ0v) is 15.2. The third kappa shape index (κ3) is 2.94. The Kier molecular flexibility index (Phi) is 4.00. The zero-order valence-electron chi connectivity index (χ0n) is 14.5. The van der Waals surface area contributed by atoms with Gasteiger partial charge in [-0.05, 0) is 37.2 Å². The van der Waals surface area contributed by atoms with Crippen molar-refractivity contribution in [3.63, 3.8) is 0 Å². The topological polar surface area (TPSA) is 66.5 Å². The summed E-state index contributed by atoms with van der Waals surface area (Å²) in [5.74, 6) is -0.131. The van der Waals surface area contributed by atoms with Crippen LogP contribution in [0.2, 0.25) is 5.02 Å².